The summed E-state index contributed by atoms with van der Waals surface area (Å²) >= 11 is 5.50. The van der Waals surface area contributed by atoms with Gasteiger partial charge in [0.05, 0.1) is 13.7 Å². The number of aliphatic hydroxyl groups excluding tert-OH is 1. The second-order valence-electron chi connectivity index (χ2n) is 2.97. The third kappa shape index (κ3) is 3.65. The van der Waals surface area contributed by atoms with Gasteiger partial charge < -0.3 is 15.2 Å². The number of aliphatic hydroxyl groups is 1. The summed E-state index contributed by atoms with van der Waals surface area (Å²) in [5, 5.41) is 18.3. The van der Waals surface area contributed by atoms with Crippen molar-refractivity contribution in [3.63, 3.8) is 0 Å². The Morgan fingerprint density at radius 1 is 1.53 bits per heavy atom. The Bertz CT molecular complexity index is 409. The molecule has 0 bridgehead atoms. The smallest absolute Gasteiger partial charge is 0.330 e. The molecule has 0 radical (unpaired) electrons. The number of halogens is 1. The van der Waals surface area contributed by atoms with Crippen LogP contribution in [0.2, 0.25) is 5.15 Å². The Morgan fingerprint density at radius 2 is 2.24 bits per heavy atom. The quantitative estimate of drug-likeness (QED) is 0.700. The molecule has 0 aromatic carbocycles. The van der Waals surface area contributed by atoms with Crippen molar-refractivity contribution in [1.29, 1.82) is 0 Å². The predicted octanol–water partition coefficient (Wildman–Crippen LogP) is -0.606. The molecule has 0 saturated heterocycles. The number of nitrogens with zero attached hydrogens (tertiary/aromatic N) is 2. The third-order valence-electron chi connectivity index (χ3n) is 1.84. The van der Waals surface area contributed by atoms with Gasteiger partial charge in [-0.15, -0.1) is 10.2 Å². The van der Waals surface area contributed by atoms with E-state index in [9.17, 15) is 9.59 Å². The lowest BCUT2D eigenvalue weighted by Gasteiger charge is -2.12. The van der Waals surface area contributed by atoms with E-state index in [-0.39, 0.29) is 10.8 Å². The number of esters is 1. The highest BCUT2D eigenvalue weighted by Crippen LogP contribution is 2.02. The van der Waals surface area contributed by atoms with Gasteiger partial charge in [-0.3, -0.25) is 4.79 Å². The first kappa shape index (κ1) is 13.3. The number of ether oxygens (including phenoxy) is 1. The SMILES string of the molecule is COC(=O)C(CO)NC(=O)c1ccc(Cl)nn1. The van der Waals surface area contributed by atoms with Crippen molar-refractivity contribution >= 4 is 23.5 Å². The number of aromatic nitrogens is 2. The van der Waals surface area contributed by atoms with E-state index in [1.807, 2.05) is 0 Å². The number of amides is 1. The molecule has 2 N–H and O–H groups in total. The van der Waals surface area contributed by atoms with Gasteiger partial charge in [-0.05, 0) is 12.1 Å². The number of carbonyl (C=O) groups is 2. The van der Waals surface area contributed by atoms with E-state index in [0.29, 0.717) is 0 Å². The predicted molar refractivity (Wildman–Crippen MR) is 57.4 cm³/mol. The average molecular weight is 260 g/mol. The molecule has 1 aromatic rings. The molecule has 92 valence electrons. The summed E-state index contributed by atoms with van der Waals surface area (Å²) in [7, 11) is 1.15. The van der Waals surface area contributed by atoms with Crippen LogP contribution in [0, 0.1) is 0 Å². The first-order valence-corrected chi connectivity index (χ1v) is 4.95. The van der Waals surface area contributed by atoms with Crippen LogP contribution in [-0.2, 0) is 9.53 Å². The number of hydrogen-bond acceptors (Lipinski definition) is 6. The molecule has 0 aliphatic carbocycles. The molecule has 1 heterocycles. The van der Waals surface area contributed by atoms with Crippen LogP contribution in [-0.4, -0.2) is 46.9 Å². The molecule has 0 aliphatic heterocycles. The molecule has 1 rings (SSSR count). The van der Waals surface area contributed by atoms with Crippen LogP contribution in [0.15, 0.2) is 12.1 Å². The van der Waals surface area contributed by atoms with E-state index in [2.05, 4.69) is 20.3 Å². The summed E-state index contributed by atoms with van der Waals surface area (Å²) in [4.78, 5) is 22.7. The number of nitrogens with one attached hydrogen (secondary N) is 1. The number of methoxy groups -OCH3 is 1. The van der Waals surface area contributed by atoms with Crippen molar-refractivity contribution in [2.24, 2.45) is 0 Å². The topological polar surface area (TPSA) is 101 Å². The number of hydrogen-bond donors (Lipinski definition) is 2. The molecule has 8 heteroatoms. The first-order chi connectivity index (χ1) is 8.08. The molecule has 0 aliphatic rings. The average Bonchev–Trinajstić information content (AvgIpc) is 2.35. The molecule has 17 heavy (non-hydrogen) atoms. The number of carbonyl (C=O) groups excluding carboxylic acids is 2. The fraction of sp³-hybridized carbons (Fsp3) is 0.333. The van der Waals surface area contributed by atoms with E-state index < -0.39 is 24.5 Å². The molecule has 1 unspecified atom stereocenters. The minimum absolute atomic E-state index is 0.0169. The lowest BCUT2D eigenvalue weighted by molar-refractivity contribution is -0.143. The van der Waals surface area contributed by atoms with Crippen LogP contribution in [0.25, 0.3) is 0 Å². The highest BCUT2D eigenvalue weighted by molar-refractivity contribution is 6.29. The Morgan fingerprint density at radius 3 is 2.71 bits per heavy atom. The Labute approximate surface area is 102 Å². The van der Waals surface area contributed by atoms with Crippen LogP contribution in [0.3, 0.4) is 0 Å². The Balaban J connectivity index is 2.71. The molecule has 0 spiro atoms. The van der Waals surface area contributed by atoms with Crippen LogP contribution in [0.1, 0.15) is 10.5 Å². The van der Waals surface area contributed by atoms with Crippen LogP contribution >= 0.6 is 11.6 Å². The van der Waals surface area contributed by atoms with Gasteiger partial charge in [-0.25, -0.2) is 4.79 Å². The van der Waals surface area contributed by atoms with Crippen molar-refractivity contribution in [3.8, 4) is 0 Å². The highest BCUT2D eigenvalue weighted by Gasteiger charge is 2.21. The summed E-state index contributed by atoms with van der Waals surface area (Å²) in [6.45, 7) is -0.570. The summed E-state index contributed by atoms with van der Waals surface area (Å²) in [5.41, 5.74) is -0.0169. The minimum Gasteiger partial charge on any atom is -0.467 e. The van der Waals surface area contributed by atoms with E-state index in [1.54, 1.807) is 0 Å². The molecule has 1 atom stereocenters. The van der Waals surface area contributed by atoms with Gasteiger partial charge in [0.1, 0.15) is 0 Å². The van der Waals surface area contributed by atoms with Crippen LogP contribution < -0.4 is 5.32 Å². The Kier molecular flexibility index (Phi) is 4.80. The second-order valence-corrected chi connectivity index (χ2v) is 3.36. The van der Waals surface area contributed by atoms with Crippen molar-refractivity contribution in [2.75, 3.05) is 13.7 Å². The van der Waals surface area contributed by atoms with E-state index in [0.717, 1.165) is 7.11 Å². The van der Waals surface area contributed by atoms with Gasteiger partial charge in [-0.1, -0.05) is 11.6 Å². The van der Waals surface area contributed by atoms with Crippen molar-refractivity contribution < 1.29 is 19.4 Å². The van der Waals surface area contributed by atoms with E-state index in [1.165, 1.54) is 12.1 Å². The maximum absolute atomic E-state index is 11.6. The van der Waals surface area contributed by atoms with Gasteiger partial charge in [0, 0.05) is 0 Å². The largest absolute Gasteiger partial charge is 0.467 e. The summed E-state index contributed by atoms with van der Waals surface area (Å²) in [6.07, 6.45) is 0. The summed E-state index contributed by atoms with van der Waals surface area (Å²) in [6, 6.07) is 1.59. The van der Waals surface area contributed by atoms with Crippen LogP contribution in [0.5, 0.6) is 0 Å². The van der Waals surface area contributed by atoms with Gasteiger partial charge in [-0.2, -0.15) is 0 Å². The van der Waals surface area contributed by atoms with Gasteiger partial charge in [0.2, 0.25) is 0 Å². The zero-order valence-electron chi connectivity index (χ0n) is 8.88. The first-order valence-electron chi connectivity index (χ1n) is 4.57. The van der Waals surface area contributed by atoms with Gasteiger partial charge in [0.15, 0.2) is 16.9 Å². The van der Waals surface area contributed by atoms with Gasteiger partial charge >= 0.3 is 5.97 Å². The molecule has 1 amide bonds. The monoisotopic (exact) mass is 259 g/mol. The van der Waals surface area contributed by atoms with Crippen molar-refractivity contribution in [3.05, 3.63) is 23.0 Å². The summed E-state index contributed by atoms with van der Waals surface area (Å²) < 4.78 is 4.39. The van der Waals surface area contributed by atoms with Crippen molar-refractivity contribution in [1.82, 2.24) is 15.5 Å². The van der Waals surface area contributed by atoms with E-state index in [4.69, 9.17) is 16.7 Å². The van der Waals surface area contributed by atoms with Gasteiger partial charge in [0.25, 0.3) is 5.91 Å². The molecule has 7 nitrogen and oxygen atoms in total. The summed E-state index contributed by atoms with van der Waals surface area (Å²) in [5.74, 6) is -1.40. The highest BCUT2D eigenvalue weighted by atomic mass is 35.5. The third-order valence-corrected chi connectivity index (χ3v) is 2.04. The normalized spacial score (nSPS) is 11.7. The molecular formula is C9H10ClN3O4. The zero-order chi connectivity index (χ0) is 12.8. The molecule has 1 aromatic heterocycles. The maximum Gasteiger partial charge on any atom is 0.330 e. The zero-order valence-corrected chi connectivity index (χ0v) is 9.64. The lowest BCUT2D eigenvalue weighted by Crippen LogP contribution is -2.44. The standard InChI is InChI=1S/C9H10ClN3O4/c1-17-9(16)6(4-14)11-8(15)5-2-3-7(10)13-12-5/h2-3,6,14H,4H2,1H3,(H,11,15). The fourth-order valence-electron chi connectivity index (χ4n) is 0.991. The molecular weight excluding hydrogens is 250 g/mol. The fourth-order valence-corrected chi connectivity index (χ4v) is 1.09. The Hall–Kier alpha value is -1.73. The van der Waals surface area contributed by atoms with Crippen molar-refractivity contribution in [2.45, 2.75) is 6.04 Å². The molecule has 0 fully saturated rings. The maximum atomic E-state index is 11.6. The number of rotatable bonds is 4. The van der Waals surface area contributed by atoms with Crippen LogP contribution in [0.4, 0.5) is 0 Å². The minimum atomic E-state index is -1.13. The lowest BCUT2D eigenvalue weighted by atomic mass is 10.3. The van der Waals surface area contributed by atoms with E-state index >= 15 is 0 Å². The molecule has 0 saturated carbocycles. The second kappa shape index (κ2) is 6.12.